The molecule has 0 aliphatic carbocycles. The van der Waals surface area contributed by atoms with Crippen LogP contribution in [0.1, 0.15) is 0 Å². The molecule has 0 bridgehead atoms. The molecule has 0 amide bonds. The Morgan fingerprint density at radius 2 is 1.91 bits per heavy atom. The van der Waals surface area contributed by atoms with Gasteiger partial charge in [0.25, 0.3) is 0 Å². The van der Waals surface area contributed by atoms with Crippen LogP contribution in [0.4, 0.5) is 22.1 Å². The van der Waals surface area contributed by atoms with E-state index in [1.54, 1.807) is 12.1 Å². The Morgan fingerprint density at radius 1 is 1.13 bits per heavy atom. The molecule has 0 saturated heterocycles. The first-order valence-corrected chi connectivity index (χ1v) is 7.60. The zero-order valence-corrected chi connectivity index (χ0v) is 13.4. The lowest BCUT2D eigenvalue weighted by atomic mass is 10.2. The van der Waals surface area contributed by atoms with E-state index in [-0.39, 0.29) is 0 Å². The summed E-state index contributed by atoms with van der Waals surface area (Å²) < 4.78 is 4.32. The molecule has 0 unspecified atom stereocenters. The van der Waals surface area contributed by atoms with Crippen molar-refractivity contribution >= 4 is 44.5 Å². The Bertz CT molecular complexity index is 830. The van der Waals surface area contributed by atoms with Crippen molar-refractivity contribution in [2.24, 2.45) is 10.2 Å². The standard InChI is InChI=1S/C15H15N5O2S/c1-20(2)12-6-3-10(4-7-12)16-17-15-13-9-11(18-22-21)5-8-14(13)19-23-15/h3-9,18,21H,1-2H3. The van der Waals surface area contributed by atoms with Crippen molar-refractivity contribution in [2.75, 3.05) is 24.5 Å². The Hall–Kier alpha value is -2.55. The van der Waals surface area contributed by atoms with Gasteiger partial charge < -0.3 is 4.90 Å². The lowest BCUT2D eigenvalue weighted by Crippen LogP contribution is -2.07. The van der Waals surface area contributed by atoms with Gasteiger partial charge in [0.05, 0.1) is 16.9 Å². The molecule has 8 heteroatoms. The number of hydrogen-bond donors (Lipinski definition) is 2. The van der Waals surface area contributed by atoms with Crippen molar-refractivity contribution in [3.8, 4) is 0 Å². The molecule has 3 rings (SSSR count). The highest BCUT2D eigenvalue weighted by molar-refractivity contribution is 7.11. The Kier molecular flexibility index (Phi) is 4.47. The van der Waals surface area contributed by atoms with E-state index in [1.165, 1.54) is 11.5 Å². The van der Waals surface area contributed by atoms with Crippen LogP contribution in [0.5, 0.6) is 0 Å². The van der Waals surface area contributed by atoms with Gasteiger partial charge in [0.1, 0.15) is 0 Å². The van der Waals surface area contributed by atoms with Crippen LogP contribution in [0.2, 0.25) is 0 Å². The molecular formula is C15H15N5O2S. The van der Waals surface area contributed by atoms with Gasteiger partial charge in [0.2, 0.25) is 0 Å². The van der Waals surface area contributed by atoms with E-state index < -0.39 is 0 Å². The van der Waals surface area contributed by atoms with E-state index in [1.807, 2.05) is 49.3 Å². The molecule has 23 heavy (non-hydrogen) atoms. The number of rotatable bonds is 5. The van der Waals surface area contributed by atoms with Crippen LogP contribution in [-0.2, 0) is 4.99 Å². The van der Waals surface area contributed by atoms with Crippen LogP contribution in [0.15, 0.2) is 52.7 Å². The molecule has 2 aromatic carbocycles. The molecule has 7 nitrogen and oxygen atoms in total. The molecule has 0 atom stereocenters. The summed E-state index contributed by atoms with van der Waals surface area (Å²) in [5.41, 5.74) is 5.65. The van der Waals surface area contributed by atoms with Crippen LogP contribution < -0.4 is 10.4 Å². The molecule has 0 aliphatic rings. The van der Waals surface area contributed by atoms with E-state index >= 15 is 0 Å². The lowest BCUT2D eigenvalue weighted by molar-refractivity contribution is -0.215. The molecule has 1 aromatic heterocycles. The van der Waals surface area contributed by atoms with Crippen molar-refractivity contribution in [3.63, 3.8) is 0 Å². The molecular weight excluding hydrogens is 314 g/mol. The minimum atomic E-state index is 0.604. The van der Waals surface area contributed by atoms with Crippen molar-refractivity contribution in [1.29, 1.82) is 0 Å². The van der Waals surface area contributed by atoms with E-state index in [0.717, 1.165) is 22.3 Å². The summed E-state index contributed by atoms with van der Waals surface area (Å²) in [7, 11) is 3.98. The maximum atomic E-state index is 8.46. The lowest BCUT2D eigenvalue weighted by Gasteiger charge is -2.11. The third-order valence-corrected chi connectivity index (χ3v) is 4.01. The van der Waals surface area contributed by atoms with Crippen molar-refractivity contribution < 1.29 is 10.2 Å². The Morgan fingerprint density at radius 3 is 2.61 bits per heavy atom. The van der Waals surface area contributed by atoms with Gasteiger partial charge in [0.15, 0.2) is 5.00 Å². The second-order valence-corrected chi connectivity index (χ2v) is 5.78. The van der Waals surface area contributed by atoms with E-state index in [9.17, 15) is 0 Å². The SMILES string of the molecule is CN(C)c1ccc(N=Nc2snc3ccc(NOO)cc23)cc1. The predicted molar refractivity (Wildman–Crippen MR) is 91.9 cm³/mol. The molecule has 2 N–H and O–H groups in total. The number of hydrogen-bond acceptors (Lipinski definition) is 8. The largest absolute Gasteiger partial charge is 0.378 e. The first-order valence-electron chi connectivity index (χ1n) is 6.82. The van der Waals surface area contributed by atoms with Crippen LogP contribution >= 0.6 is 11.5 Å². The summed E-state index contributed by atoms with van der Waals surface area (Å²) in [4.78, 5) is 5.95. The fraction of sp³-hybridized carbons (Fsp3) is 0.133. The summed E-state index contributed by atoms with van der Waals surface area (Å²) >= 11 is 1.27. The minimum absolute atomic E-state index is 0.604. The Labute approximate surface area is 136 Å². The highest BCUT2D eigenvalue weighted by atomic mass is 32.1. The number of nitrogens with zero attached hydrogens (tertiary/aromatic N) is 4. The molecule has 1 heterocycles. The topological polar surface area (TPSA) is 82.3 Å². The van der Waals surface area contributed by atoms with Gasteiger partial charge in [-0.1, -0.05) is 0 Å². The van der Waals surface area contributed by atoms with Gasteiger partial charge in [-0.25, -0.2) is 10.7 Å². The first-order chi connectivity index (χ1) is 11.2. The third kappa shape index (κ3) is 3.45. The highest BCUT2D eigenvalue weighted by Crippen LogP contribution is 2.33. The number of nitrogens with one attached hydrogen (secondary N) is 1. The number of anilines is 2. The number of aromatic nitrogens is 1. The van der Waals surface area contributed by atoms with Gasteiger partial charge in [-0.05, 0) is 54.0 Å². The Balaban J connectivity index is 1.86. The quantitative estimate of drug-likeness (QED) is 0.406. The molecule has 0 radical (unpaired) electrons. The fourth-order valence-corrected chi connectivity index (χ4v) is 2.72. The van der Waals surface area contributed by atoms with Crippen molar-refractivity contribution in [3.05, 3.63) is 42.5 Å². The highest BCUT2D eigenvalue weighted by Gasteiger charge is 2.06. The smallest absolute Gasteiger partial charge is 0.166 e. The third-order valence-electron chi connectivity index (χ3n) is 3.24. The maximum absolute atomic E-state index is 8.46. The summed E-state index contributed by atoms with van der Waals surface area (Å²) in [6, 6.07) is 13.2. The van der Waals surface area contributed by atoms with Crippen molar-refractivity contribution in [2.45, 2.75) is 0 Å². The normalized spacial score (nSPS) is 11.3. The van der Waals surface area contributed by atoms with E-state index in [0.29, 0.717) is 10.7 Å². The van der Waals surface area contributed by atoms with Crippen LogP contribution in [0.3, 0.4) is 0 Å². The molecule has 0 saturated carbocycles. The molecule has 0 spiro atoms. The van der Waals surface area contributed by atoms with Gasteiger partial charge in [-0.3, -0.25) is 0 Å². The van der Waals surface area contributed by atoms with Gasteiger partial charge in [-0.2, -0.15) is 4.37 Å². The fourth-order valence-electron chi connectivity index (χ4n) is 2.04. The van der Waals surface area contributed by atoms with Crippen LogP contribution in [-0.4, -0.2) is 23.7 Å². The maximum Gasteiger partial charge on any atom is 0.166 e. The number of azo groups is 1. The zero-order valence-electron chi connectivity index (χ0n) is 12.6. The number of fused-ring (bicyclic) bond motifs is 1. The van der Waals surface area contributed by atoms with Gasteiger partial charge in [0, 0.05) is 25.2 Å². The molecule has 0 aliphatic heterocycles. The molecule has 0 fully saturated rings. The monoisotopic (exact) mass is 329 g/mol. The second-order valence-electron chi connectivity index (χ2n) is 5.02. The average Bonchev–Trinajstić information content (AvgIpc) is 2.96. The molecule has 118 valence electrons. The average molecular weight is 329 g/mol. The molecule has 3 aromatic rings. The zero-order chi connectivity index (χ0) is 16.2. The summed E-state index contributed by atoms with van der Waals surface area (Å²) in [5, 5.41) is 18.5. The van der Waals surface area contributed by atoms with Crippen LogP contribution in [0.25, 0.3) is 10.9 Å². The summed E-state index contributed by atoms with van der Waals surface area (Å²) in [5.74, 6) is 0. The van der Waals surface area contributed by atoms with E-state index in [2.05, 4.69) is 25.1 Å². The predicted octanol–water partition coefficient (Wildman–Crippen LogP) is 4.59. The summed E-state index contributed by atoms with van der Waals surface area (Å²) in [6.07, 6.45) is 0. The first kappa shape index (κ1) is 15.3. The van der Waals surface area contributed by atoms with Crippen LogP contribution in [0, 0.1) is 0 Å². The van der Waals surface area contributed by atoms with E-state index in [4.69, 9.17) is 5.26 Å². The summed E-state index contributed by atoms with van der Waals surface area (Å²) in [6.45, 7) is 0. The minimum Gasteiger partial charge on any atom is -0.378 e. The number of benzene rings is 2. The van der Waals surface area contributed by atoms with Gasteiger partial charge in [-0.15, -0.1) is 15.2 Å². The second kappa shape index (κ2) is 6.69. The van der Waals surface area contributed by atoms with Gasteiger partial charge >= 0.3 is 0 Å². The van der Waals surface area contributed by atoms with Crippen molar-refractivity contribution in [1.82, 2.24) is 4.37 Å².